The highest BCUT2D eigenvalue weighted by molar-refractivity contribution is 5.13. The Hall–Kier alpha value is -0.860. The fourth-order valence-corrected chi connectivity index (χ4v) is 2.16. The normalized spacial score (nSPS) is 25.2. The van der Waals surface area contributed by atoms with Crippen LogP contribution in [0, 0.1) is 5.92 Å². The first-order valence-corrected chi connectivity index (χ1v) is 6.14. The lowest BCUT2D eigenvalue weighted by molar-refractivity contribution is 0.0517. The summed E-state index contributed by atoms with van der Waals surface area (Å²) in [6.07, 6.45) is 1.53. The highest BCUT2D eigenvalue weighted by atomic mass is 16.5. The summed E-state index contributed by atoms with van der Waals surface area (Å²) < 4.78 is 5.91. The van der Waals surface area contributed by atoms with Gasteiger partial charge in [0.25, 0.3) is 0 Å². The molecule has 1 N–H and O–H groups in total. The van der Waals surface area contributed by atoms with Crippen molar-refractivity contribution in [1.82, 2.24) is 5.32 Å². The zero-order valence-corrected chi connectivity index (χ0v) is 10.1. The minimum absolute atomic E-state index is 0.382. The van der Waals surface area contributed by atoms with Crippen LogP contribution in [-0.2, 0) is 11.3 Å². The molecule has 16 heavy (non-hydrogen) atoms. The van der Waals surface area contributed by atoms with Crippen LogP contribution in [-0.4, -0.2) is 18.7 Å². The van der Waals surface area contributed by atoms with Crippen LogP contribution >= 0.6 is 0 Å². The summed E-state index contributed by atoms with van der Waals surface area (Å²) in [5.41, 5.74) is 1.26. The molecule has 2 atom stereocenters. The van der Waals surface area contributed by atoms with E-state index in [-0.39, 0.29) is 0 Å². The lowest BCUT2D eigenvalue weighted by atomic mass is 10.0. The molecule has 2 unspecified atom stereocenters. The third-order valence-corrected chi connectivity index (χ3v) is 3.26. The van der Waals surface area contributed by atoms with Gasteiger partial charge in [-0.25, -0.2) is 0 Å². The zero-order valence-electron chi connectivity index (χ0n) is 10.1. The SMILES string of the molecule is CC(C)C1CC(OCc2ccccc2)CN1. The molecule has 2 rings (SSSR count). The van der Waals surface area contributed by atoms with Gasteiger partial charge in [0.05, 0.1) is 12.7 Å². The van der Waals surface area contributed by atoms with E-state index in [9.17, 15) is 0 Å². The molecule has 0 aromatic heterocycles. The molecule has 0 radical (unpaired) electrons. The smallest absolute Gasteiger partial charge is 0.0721 e. The first kappa shape index (κ1) is 11.6. The Balaban J connectivity index is 1.76. The van der Waals surface area contributed by atoms with E-state index in [2.05, 4.69) is 43.4 Å². The predicted octanol–water partition coefficient (Wildman–Crippen LogP) is 2.59. The van der Waals surface area contributed by atoms with E-state index >= 15 is 0 Å². The maximum atomic E-state index is 5.91. The molecule has 0 saturated carbocycles. The van der Waals surface area contributed by atoms with Crippen LogP contribution in [0.5, 0.6) is 0 Å². The average molecular weight is 219 g/mol. The van der Waals surface area contributed by atoms with Gasteiger partial charge in [0.15, 0.2) is 0 Å². The lowest BCUT2D eigenvalue weighted by Gasteiger charge is -2.14. The second kappa shape index (κ2) is 5.46. The molecule has 1 heterocycles. The molecule has 1 aromatic rings. The number of hydrogen-bond acceptors (Lipinski definition) is 2. The highest BCUT2D eigenvalue weighted by Gasteiger charge is 2.26. The summed E-state index contributed by atoms with van der Waals surface area (Å²) in [4.78, 5) is 0. The molecule has 1 aliphatic heterocycles. The van der Waals surface area contributed by atoms with E-state index in [1.54, 1.807) is 0 Å². The molecule has 0 bridgehead atoms. The molecule has 2 nitrogen and oxygen atoms in total. The molecule has 1 aliphatic rings. The molecular formula is C14H21NO. The summed E-state index contributed by atoms with van der Waals surface area (Å²) in [5.74, 6) is 0.699. The Bertz CT molecular complexity index is 310. The van der Waals surface area contributed by atoms with Gasteiger partial charge in [-0.05, 0) is 17.9 Å². The van der Waals surface area contributed by atoms with Crippen LogP contribution in [0.3, 0.4) is 0 Å². The van der Waals surface area contributed by atoms with Crippen LogP contribution in [0.4, 0.5) is 0 Å². The van der Waals surface area contributed by atoms with Gasteiger partial charge in [-0.1, -0.05) is 44.2 Å². The third-order valence-electron chi connectivity index (χ3n) is 3.26. The van der Waals surface area contributed by atoms with Crippen LogP contribution in [0.25, 0.3) is 0 Å². The van der Waals surface area contributed by atoms with E-state index in [1.165, 1.54) is 5.56 Å². The maximum Gasteiger partial charge on any atom is 0.0721 e. The summed E-state index contributed by atoms with van der Waals surface area (Å²) in [6.45, 7) is 6.25. The summed E-state index contributed by atoms with van der Waals surface area (Å²) >= 11 is 0. The Morgan fingerprint density at radius 3 is 2.69 bits per heavy atom. The average Bonchev–Trinajstić information content (AvgIpc) is 2.76. The third kappa shape index (κ3) is 3.06. The minimum Gasteiger partial charge on any atom is -0.372 e. The molecule has 0 spiro atoms. The van der Waals surface area contributed by atoms with Crippen LogP contribution in [0.2, 0.25) is 0 Å². The molecule has 0 amide bonds. The first-order chi connectivity index (χ1) is 7.75. The quantitative estimate of drug-likeness (QED) is 0.840. The zero-order chi connectivity index (χ0) is 11.4. The molecule has 1 fully saturated rings. The highest BCUT2D eigenvalue weighted by Crippen LogP contribution is 2.18. The first-order valence-electron chi connectivity index (χ1n) is 6.14. The molecule has 0 aliphatic carbocycles. The van der Waals surface area contributed by atoms with Gasteiger partial charge in [-0.15, -0.1) is 0 Å². The van der Waals surface area contributed by atoms with E-state index in [0.717, 1.165) is 19.6 Å². The van der Waals surface area contributed by atoms with Gasteiger partial charge in [-0.2, -0.15) is 0 Å². The fraction of sp³-hybridized carbons (Fsp3) is 0.571. The van der Waals surface area contributed by atoms with Crippen molar-refractivity contribution in [3.05, 3.63) is 35.9 Å². The summed E-state index contributed by atoms with van der Waals surface area (Å²) in [7, 11) is 0. The minimum atomic E-state index is 0.382. The topological polar surface area (TPSA) is 21.3 Å². The Kier molecular flexibility index (Phi) is 3.97. The Labute approximate surface area is 98.0 Å². The van der Waals surface area contributed by atoms with Crippen molar-refractivity contribution in [2.24, 2.45) is 5.92 Å². The number of hydrogen-bond donors (Lipinski definition) is 1. The molecular weight excluding hydrogens is 198 g/mol. The van der Waals surface area contributed by atoms with Crippen LogP contribution in [0.15, 0.2) is 30.3 Å². The van der Waals surface area contributed by atoms with Crippen molar-refractivity contribution in [2.75, 3.05) is 6.54 Å². The standard InChI is InChI=1S/C14H21NO/c1-11(2)14-8-13(9-15-14)16-10-12-6-4-3-5-7-12/h3-7,11,13-15H,8-10H2,1-2H3. The van der Waals surface area contributed by atoms with Gasteiger partial charge in [0.2, 0.25) is 0 Å². The van der Waals surface area contributed by atoms with Gasteiger partial charge in [0, 0.05) is 12.6 Å². The van der Waals surface area contributed by atoms with Crippen molar-refractivity contribution in [3.8, 4) is 0 Å². The van der Waals surface area contributed by atoms with Gasteiger partial charge in [-0.3, -0.25) is 0 Å². The lowest BCUT2D eigenvalue weighted by Crippen LogP contribution is -2.26. The van der Waals surface area contributed by atoms with Crippen molar-refractivity contribution in [3.63, 3.8) is 0 Å². The summed E-state index contributed by atoms with van der Waals surface area (Å²) in [6, 6.07) is 11.0. The molecule has 88 valence electrons. The number of ether oxygens (including phenoxy) is 1. The van der Waals surface area contributed by atoms with E-state index in [4.69, 9.17) is 4.74 Å². The number of benzene rings is 1. The number of nitrogens with one attached hydrogen (secondary N) is 1. The second-order valence-electron chi connectivity index (χ2n) is 4.91. The van der Waals surface area contributed by atoms with Gasteiger partial charge < -0.3 is 10.1 Å². The van der Waals surface area contributed by atoms with Gasteiger partial charge >= 0.3 is 0 Å². The van der Waals surface area contributed by atoms with E-state index in [0.29, 0.717) is 18.1 Å². The molecule has 2 heteroatoms. The maximum absolute atomic E-state index is 5.91. The Morgan fingerprint density at radius 1 is 1.31 bits per heavy atom. The van der Waals surface area contributed by atoms with Gasteiger partial charge in [0.1, 0.15) is 0 Å². The van der Waals surface area contributed by atoms with E-state index in [1.807, 2.05) is 6.07 Å². The van der Waals surface area contributed by atoms with Crippen LogP contribution < -0.4 is 5.32 Å². The van der Waals surface area contributed by atoms with Crippen LogP contribution in [0.1, 0.15) is 25.8 Å². The molecule has 1 saturated heterocycles. The summed E-state index contributed by atoms with van der Waals surface area (Å²) in [5, 5.41) is 3.52. The Morgan fingerprint density at radius 2 is 2.06 bits per heavy atom. The predicted molar refractivity (Wildman–Crippen MR) is 66.3 cm³/mol. The van der Waals surface area contributed by atoms with Crippen molar-refractivity contribution < 1.29 is 4.74 Å². The number of rotatable bonds is 4. The second-order valence-corrected chi connectivity index (χ2v) is 4.91. The largest absolute Gasteiger partial charge is 0.372 e. The molecule has 1 aromatic carbocycles. The van der Waals surface area contributed by atoms with E-state index < -0.39 is 0 Å². The fourth-order valence-electron chi connectivity index (χ4n) is 2.16. The van der Waals surface area contributed by atoms with Crippen molar-refractivity contribution >= 4 is 0 Å². The monoisotopic (exact) mass is 219 g/mol. The van der Waals surface area contributed by atoms with Crippen molar-refractivity contribution in [2.45, 2.75) is 39.0 Å². The van der Waals surface area contributed by atoms with Crippen molar-refractivity contribution in [1.29, 1.82) is 0 Å².